The van der Waals surface area contributed by atoms with Crippen LogP contribution in [0, 0.1) is 12.8 Å². The number of piperidine rings is 1. The van der Waals surface area contributed by atoms with E-state index < -0.39 is 0 Å². The van der Waals surface area contributed by atoms with E-state index in [1.54, 1.807) is 11.8 Å². The summed E-state index contributed by atoms with van der Waals surface area (Å²) in [5.41, 5.74) is 8.40. The maximum absolute atomic E-state index is 12.5. The summed E-state index contributed by atoms with van der Waals surface area (Å²) in [4.78, 5) is 27.2. The Hall–Kier alpha value is -2.47. The van der Waals surface area contributed by atoms with Crippen molar-refractivity contribution in [2.45, 2.75) is 24.7 Å². The van der Waals surface area contributed by atoms with Crippen molar-refractivity contribution in [2.75, 3.05) is 29.1 Å². The smallest absolute Gasteiger partial charge is 0.234 e. The van der Waals surface area contributed by atoms with Crippen molar-refractivity contribution in [3.8, 4) is 0 Å². The molecule has 3 rings (SSSR count). The number of nitrogens with zero attached hydrogens (tertiary/aromatic N) is 1. The van der Waals surface area contributed by atoms with Crippen LogP contribution in [0.1, 0.15) is 18.4 Å². The van der Waals surface area contributed by atoms with E-state index >= 15 is 0 Å². The van der Waals surface area contributed by atoms with Gasteiger partial charge in [-0.15, -0.1) is 11.8 Å². The second-order valence-electron chi connectivity index (χ2n) is 6.78. The first-order chi connectivity index (χ1) is 13.0. The number of carbonyl (C=O) groups excluding carboxylic acids is 2. The summed E-state index contributed by atoms with van der Waals surface area (Å²) in [5, 5.41) is 3.04. The Morgan fingerprint density at radius 1 is 1.11 bits per heavy atom. The topological polar surface area (TPSA) is 75.4 Å². The zero-order chi connectivity index (χ0) is 19.2. The second-order valence-corrected chi connectivity index (χ2v) is 7.80. The van der Waals surface area contributed by atoms with E-state index in [2.05, 4.69) is 10.2 Å². The molecule has 3 N–H and O–H groups in total. The van der Waals surface area contributed by atoms with Crippen molar-refractivity contribution >= 4 is 35.0 Å². The first kappa shape index (κ1) is 19.3. The van der Waals surface area contributed by atoms with Crippen molar-refractivity contribution in [2.24, 2.45) is 11.7 Å². The van der Waals surface area contributed by atoms with Crippen LogP contribution in [0.4, 0.5) is 11.4 Å². The zero-order valence-electron chi connectivity index (χ0n) is 15.5. The van der Waals surface area contributed by atoms with Gasteiger partial charge in [-0.05, 0) is 43.5 Å². The fourth-order valence-electron chi connectivity index (χ4n) is 3.31. The monoisotopic (exact) mass is 383 g/mol. The highest BCUT2D eigenvalue weighted by Crippen LogP contribution is 2.30. The molecule has 1 fully saturated rings. The van der Waals surface area contributed by atoms with Crippen LogP contribution in [0.15, 0.2) is 53.4 Å². The van der Waals surface area contributed by atoms with Gasteiger partial charge in [-0.3, -0.25) is 9.59 Å². The number of rotatable bonds is 6. The minimum atomic E-state index is -0.218. The number of nitrogens with two attached hydrogens (primary N) is 1. The molecule has 0 unspecified atom stereocenters. The number of benzene rings is 2. The Labute approximate surface area is 164 Å². The molecular formula is C21H25N3O2S. The summed E-state index contributed by atoms with van der Waals surface area (Å²) in [6.45, 7) is 3.57. The number of carbonyl (C=O) groups is 2. The lowest BCUT2D eigenvalue weighted by atomic mass is 9.96. The van der Waals surface area contributed by atoms with E-state index in [9.17, 15) is 9.59 Å². The molecule has 0 bridgehead atoms. The number of anilines is 2. The molecule has 2 aromatic carbocycles. The Morgan fingerprint density at radius 2 is 1.78 bits per heavy atom. The van der Waals surface area contributed by atoms with E-state index in [0.29, 0.717) is 5.75 Å². The third kappa shape index (κ3) is 5.04. The quantitative estimate of drug-likeness (QED) is 0.750. The van der Waals surface area contributed by atoms with E-state index in [0.717, 1.165) is 42.2 Å². The first-order valence-corrected chi connectivity index (χ1v) is 10.1. The molecular weight excluding hydrogens is 358 g/mol. The number of amides is 2. The summed E-state index contributed by atoms with van der Waals surface area (Å²) < 4.78 is 0. The molecule has 1 heterocycles. The predicted octanol–water partition coefficient (Wildman–Crippen LogP) is 3.43. The molecule has 2 amide bonds. The van der Waals surface area contributed by atoms with Gasteiger partial charge < -0.3 is 16.0 Å². The molecule has 5 nitrogen and oxygen atoms in total. The molecule has 2 aromatic rings. The number of hydrogen-bond donors (Lipinski definition) is 2. The van der Waals surface area contributed by atoms with Crippen LogP contribution in [0.25, 0.3) is 0 Å². The Kier molecular flexibility index (Phi) is 6.40. The summed E-state index contributed by atoms with van der Waals surface area (Å²) in [6.07, 6.45) is 1.50. The number of thioether (sulfide) groups is 1. The van der Waals surface area contributed by atoms with Gasteiger partial charge in [0.15, 0.2) is 0 Å². The van der Waals surface area contributed by atoms with Crippen LogP contribution >= 0.6 is 11.8 Å². The van der Waals surface area contributed by atoms with Crippen molar-refractivity contribution in [1.82, 2.24) is 0 Å². The number of hydrogen-bond acceptors (Lipinski definition) is 4. The highest BCUT2D eigenvalue weighted by atomic mass is 32.2. The molecule has 0 aromatic heterocycles. The summed E-state index contributed by atoms with van der Waals surface area (Å²) >= 11 is 1.54. The maximum Gasteiger partial charge on any atom is 0.234 e. The molecule has 1 aliphatic rings. The number of aryl methyl sites for hydroxylation is 1. The van der Waals surface area contributed by atoms with Crippen LogP contribution in [0.3, 0.4) is 0 Å². The van der Waals surface area contributed by atoms with Gasteiger partial charge in [0.05, 0.1) is 17.1 Å². The van der Waals surface area contributed by atoms with Crippen molar-refractivity contribution in [3.63, 3.8) is 0 Å². The number of nitrogens with one attached hydrogen (secondary N) is 1. The molecule has 0 radical (unpaired) electrons. The van der Waals surface area contributed by atoms with Gasteiger partial charge in [-0.2, -0.15) is 0 Å². The Balaban J connectivity index is 1.61. The summed E-state index contributed by atoms with van der Waals surface area (Å²) in [5.74, 6) is 0.0730. The first-order valence-electron chi connectivity index (χ1n) is 9.16. The summed E-state index contributed by atoms with van der Waals surface area (Å²) in [6, 6.07) is 15.9. The van der Waals surface area contributed by atoms with Crippen LogP contribution in [-0.2, 0) is 9.59 Å². The fraction of sp³-hybridized carbons (Fsp3) is 0.333. The minimum absolute atomic E-state index is 0.0253. The third-order valence-electron chi connectivity index (χ3n) is 4.87. The Morgan fingerprint density at radius 3 is 2.48 bits per heavy atom. The normalized spacial score (nSPS) is 14.8. The second kappa shape index (κ2) is 8.95. The van der Waals surface area contributed by atoms with Gasteiger partial charge in [0, 0.05) is 23.9 Å². The molecule has 0 saturated carbocycles. The lowest BCUT2D eigenvalue weighted by Crippen LogP contribution is -2.38. The number of primary amides is 1. The zero-order valence-corrected chi connectivity index (χ0v) is 16.3. The van der Waals surface area contributed by atoms with Crippen LogP contribution < -0.4 is 16.0 Å². The van der Waals surface area contributed by atoms with Crippen molar-refractivity contribution in [1.29, 1.82) is 0 Å². The van der Waals surface area contributed by atoms with E-state index in [4.69, 9.17) is 5.73 Å². The highest BCUT2D eigenvalue weighted by Gasteiger charge is 2.24. The van der Waals surface area contributed by atoms with E-state index in [-0.39, 0.29) is 17.7 Å². The highest BCUT2D eigenvalue weighted by molar-refractivity contribution is 8.00. The molecule has 6 heteroatoms. The van der Waals surface area contributed by atoms with Crippen LogP contribution in [0.5, 0.6) is 0 Å². The standard InChI is InChI=1S/C21H25N3O2S/c1-15-6-2-5-9-19(15)27-14-20(25)23-17-7-3-4-8-18(17)24-12-10-16(11-13-24)21(22)26/h2-9,16H,10-14H2,1H3,(H2,22,26)(H,23,25). The average Bonchev–Trinajstić information content (AvgIpc) is 2.68. The largest absolute Gasteiger partial charge is 0.370 e. The minimum Gasteiger partial charge on any atom is -0.370 e. The van der Waals surface area contributed by atoms with Gasteiger partial charge in [0.1, 0.15) is 0 Å². The molecule has 0 spiro atoms. The predicted molar refractivity (Wildman–Crippen MR) is 111 cm³/mol. The molecule has 1 aliphatic heterocycles. The average molecular weight is 384 g/mol. The molecule has 27 heavy (non-hydrogen) atoms. The summed E-state index contributed by atoms with van der Waals surface area (Å²) in [7, 11) is 0. The van der Waals surface area contributed by atoms with Gasteiger partial charge in [-0.25, -0.2) is 0 Å². The fourth-order valence-corrected chi connectivity index (χ4v) is 4.14. The van der Waals surface area contributed by atoms with Crippen LogP contribution in [-0.4, -0.2) is 30.7 Å². The van der Waals surface area contributed by atoms with Crippen LogP contribution in [0.2, 0.25) is 0 Å². The SMILES string of the molecule is Cc1ccccc1SCC(=O)Nc1ccccc1N1CCC(C(N)=O)CC1. The lowest BCUT2D eigenvalue weighted by molar-refractivity contribution is -0.122. The maximum atomic E-state index is 12.5. The van der Waals surface area contributed by atoms with Gasteiger partial charge in [0.25, 0.3) is 0 Å². The molecule has 142 valence electrons. The third-order valence-corrected chi connectivity index (χ3v) is 6.04. The van der Waals surface area contributed by atoms with Crippen molar-refractivity contribution in [3.05, 3.63) is 54.1 Å². The molecule has 0 atom stereocenters. The van der Waals surface area contributed by atoms with Gasteiger partial charge in [0.2, 0.25) is 11.8 Å². The Bertz CT molecular complexity index is 817. The molecule has 1 saturated heterocycles. The van der Waals surface area contributed by atoms with Gasteiger partial charge >= 0.3 is 0 Å². The molecule has 0 aliphatic carbocycles. The lowest BCUT2D eigenvalue weighted by Gasteiger charge is -2.33. The van der Waals surface area contributed by atoms with Crippen molar-refractivity contribution < 1.29 is 9.59 Å². The van der Waals surface area contributed by atoms with E-state index in [1.165, 1.54) is 5.56 Å². The van der Waals surface area contributed by atoms with Gasteiger partial charge in [-0.1, -0.05) is 30.3 Å². The van der Waals surface area contributed by atoms with E-state index in [1.807, 2.05) is 55.5 Å². The number of para-hydroxylation sites is 2.